The number of rotatable bonds is 8. The fourth-order valence-corrected chi connectivity index (χ4v) is 3.15. The molecule has 2 aromatic rings. The van der Waals surface area contributed by atoms with Crippen LogP contribution in [0.15, 0.2) is 48.5 Å². The highest BCUT2D eigenvalue weighted by atomic mass is 16.6. The highest BCUT2D eigenvalue weighted by Gasteiger charge is 2.34. The van der Waals surface area contributed by atoms with E-state index >= 15 is 0 Å². The van der Waals surface area contributed by atoms with Gasteiger partial charge in [-0.25, -0.2) is 4.79 Å². The molecule has 1 fully saturated rings. The van der Waals surface area contributed by atoms with Crippen LogP contribution >= 0.6 is 0 Å². The number of hydrogen-bond acceptors (Lipinski definition) is 5. The summed E-state index contributed by atoms with van der Waals surface area (Å²) in [7, 11) is 3.22. The number of para-hydroxylation sites is 1. The molecule has 1 aliphatic heterocycles. The minimum atomic E-state index is -0.301. The normalized spacial score (nSPS) is 17.4. The molecule has 0 bridgehead atoms. The van der Waals surface area contributed by atoms with Crippen LogP contribution in [0.2, 0.25) is 0 Å². The second-order valence-electron chi connectivity index (χ2n) is 6.52. The van der Waals surface area contributed by atoms with E-state index in [1.54, 1.807) is 19.1 Å². The van der Waals surface area contributed by atoms with Crippen molar-refractivity contribution in [2.75, 3.05) is 27.4 Å². The number of carbonyl (C=O) groups is 1. The zero-order valence-corrected chi connectivity index (χ0v) is 15.9. The lowest BCUT2D eigenvalue weighted by Gasteiger charge is -2.22. The highest BCUT2D eigenvalue weighted by Crippen LogP contribution is 2.29. The van der Waals surface area contributed by atoms with E-state index in [2.05, 4.69) is 0 Å². The maximum Gasteiger partial charge on any atom is 0.410 e. The lowest BCUT2D eigenvalue weighted by molar-refractivity contribution is 0.102. The Morgan fingerprint density at radius 1 is 1.11 bits per heavy atom. The minimum Gasteiger partial charge on any atom is -0.493 e. The SMILES string of the molecule is COc1ccc(C[C@H](C)N2C[C@@H](COc3ccccc3)OC2=O)cc1OC. The molecule has 0 aromatic heterocycles. The lowest BCUT2D eigenvalue weighted by Crippen LogP contribution is -2.36. The topological polar surface area (TPSA) is 57.2 Å². The number of nitrogens with zero attached hydrogens (tertiary/aromatic N) is 1. The Balaban J connectivity index is 1.57. The van der Waals surface area contributed by atoms with Crippen molar-refractivity contribution in [2.24, 2.45) is 0 Å². The molecule has 3 rings (SSSR count). The fourth-order valence-electron chi connectivity index (χ4n) is 3.15. The first-order valence-corrected chi connectivity index (χ1v) is 8.96. The molecule has 6 nitrogen and oxygen atoms in total. The van der Waals surface area contributed by atoms with E-state index in [-0.39, 0.29) is 18.2 Å². The number of ether oxygens (including phenoxy) is 4. The van der Waals surface area contributed by atoms with E-state index in [0.717, 1.165) is 11.3 Å². The summed E-state index contributed by atoms with van der Waals surface area (Å²) >= 11 is 0. The van der Waals surface area contributed by atoms with E-state index in [0.29, 0.717) is 31.1 Å². The van der Waals surface area contributed by atoms with Crippen LogP contribution in [0, 0.1) is 0 Å². The molecule has 27 heavy (non-hydrogen) atoms. The number of amides is 1. The van der Waals surface area contributed by atoms with Gasteiger partial charge in [-0.3, -0.25) is 0 Å². The van der Waals surface area contributed by atoms with E-state index in [1.807, 2.05) is 55.5 Å². The predicted octanol–water partition coefficient (Wildman–Crippen LogP) is 3.53. The van der Waals surface area contributed by atoms with Gasteiger partial charge < -0.3 is 23.8 Å². The molecule has 6 heteroatoms. The molecule has 0 unspecified atom stereocenters. The van der Waals surface area contributed by atoms with Crippen molar-refractivity contribution < 1.29 is 23.7 Å². The molecule has 0 saturated carbocycles. The molecular formula is C21H25NO5. The Bertz CT molecular complexity index is 764. The Morgan fingerprint density at radius 2 is 1.85 bits per heavy atom. The van der Waals surface area contributed by atoms with Gasteiger partial charge in [0.25, 0.3) is 0 Å². The molecule has 2 aromatic carbocycles. The van der Waals surface area contributed by atoms with Gasteiger partial charge in [-0.05, 0) is 43.2 Å². The zero-order chi connectivity index (χ0) is 19.2. The van der Waals surface area contributed by atoms with Crippen LogP contribution in [0.3, 0.4) is 0 Å². The number of carbonyl (C=O) groups excluding carboxylic acids is 1. The van der Waals surface area contributed by atoms with Crippen molar-refractivity contribution in [3.05, 3.63) is 54.1 Å². The summed E-state index contributed by atoms with van der Waals surface area (Å²) in [6, 6.07) is 15.3. The van der Waals surface area contributed by atoms with Crippen LogP contribution in [0.1, 0.15) is 12.5 Å². The van der Waals surface area contributed by atoms with Crippen LogP contribution in [-0.4, -0.2) is 50.5 Å². The number of methoxy groups -OCH3 is 2. The van der Waals surface area contributed by atoms with Crippen molar-refractivity contribution in [3.63, 3.8) is 0 Å². The summed E-state index contributed by atoms with van der Waals surface area (Å²) in [5.41, 5.74) is 1.07. The summed E-state index contributed by atoms with van der Waals surface area (Å²) in [4.78, 5) is 14.0. The molecule has 1 saturated heterocycles. The molecule has 1 heterocycles. The van der Waals surface area contributed by atoms with Gasteiger partial charge in [0.1, 0.15) is 12.4 Å². The molecule has 0 N–H and O–H groups in total. The third kappa shape index (κ3) is 4.64. The second-order valence-corrected chi connectivity index (χ2v) is 6.52. The average molecular weight is 371 g/mol. The Hall–Kier alpha value is -2.89. The Morgan fingerprint density at radius 3 is 2.56 bits per heavy atom. The van der Waals surface area contributed by atoms with Gasteiger partial charge >= 0.3 is 6.09 Å². The summed E-state index contributed by atoms with van der Waals surface area (Å²) in [5, 5.41) is 0. The smallest absolute Gasteiger partial charge is 0.410 e. The maximum atomic E-state index is 12.3. The van der Waals surface area contributed by atoms with Gasteiger partial charge in [0.15, 0.2) is 17.6 Å². The van der Waals surface area contributed by atoms with Crippen LogP contribution in [0.4, 0.5) is 4.79 Å². The van der Waals surface area contributed by atoms with E-state index in [9.17, 15) is 4.79 Å². The van der Waals surface area contributed by atoms with Gasteiger partial charge in [0.05, 0.1) is 20.8 Å². The molecular weight excluding hydrogens is 346 g/mol. The van der Waals surface area contributed by atoms with Gasteiger partial charge in [-0.2, -0.15) is 0 Å². The maximum absolute atomic E-state index is 12.3. The van der Waals surface area contributed by atoms with E-state index in [4.69, 9.17) is 18.9 Å². The molecule has 2 atom stereocenters. The number of benzene rings is 2. The van der Waals surface area contributed by atoms with E-state index in [1.165, 1.54) is 0 Å². The first kappa shape index (κ1) is 18.9. The average Bonchev–Trinajstić information content (AvgIpc) is 3.08. The fraction of sp³-hybridized carbons (Fsp3) is 0.381. The van der Waals surface area contributed by atoms with Gasteiger partial charge in [-0.15, -0.1) is 0 Å². The first-order chi connectivity index (χ1) is 13.1. The summed E-state index contributed by atoms with van der Waals surface area (Å²) in [5.74, 6) is 2.14. The highest BCUT2D eigenvalue weighted by molar-refractivity contribution is 5.70. The molecule has 1 aliphatic rings. The third-order valence-corrected chi connectivity index (χ3v) is 4.59. The van der Waals surface area contributed by atoms with Crippen molar-refractivity contribution in [1.82, 2.24) is 4.90 Å². The quantitative estimate of drug-likeness (QED) is 0.710. The minimum absolute atomic E-state index is 0.00248. The third-order valence-electron chi connectivity index (χ3n) is 4.59. The largest absolute Gasteiger partial charge is 0.493 e. The summed E-state index contributed by atoms with van der Waals surface area (Å²) in [6.07, 6.45) is 0.122. The number of cyclic esters (lactones) is 1. The van der Waals surface area contributed by atoms with Crippen LogP contribution in [0.25, 0.3) is 0 Å². The second kappa shape index (κ2) is 8.66. The molecule has 0 radical (unpaired) electrons. The molecule has 144 valence electrons. The summed E-state index contributed by atoms with van der Waals surface area (Å²) < 4.78 is 21.8. The number of hydrogen-bond donors (Lipinski definition) is 0. The van der Waals surface area contributed by atoms with Gasteiger partial charge in [0, 0.05) is 6.04 Å². The molecule has 1 amide bonds. The van der Waals surface area contributed by atoms with Gasteiger partial charge in [0.2, 0.25) is 0 Å². The molecule has 0 aliphatic carbocycles. The standard InChI is InChI=1S/C21H25NO5/c1-15(11-16-9-10-19(24-2)20(12-16)25-3)22-13-18(27-21(22)23)14-26-17-7-5-4-6-8-17/h4-10,12,15,18H,11,13-14H2,1-3H3/t15-,18-/m0/s1. The van der Waals surface area contributed by atoms with Crippen molar-refractivity contribution >= 4 is 6.09 Å². The predicted molar refractivity (Wildman–Crippen MR) is 102 cm³/mol. The van der Waals surface area contributed by atoms with Gasteiger partial charge in [-0.1, -0.05) is 24.3 Å². The van der Waals surface area contributed by atoms with E-state index < -0.39 is 0 Å². The summed E-state index contributed by atoms with van der Waals surface area (Å²) in [6.45, 7) is 2.87. The zero-order valence-electron chi connectivity index (χ0n) is 15.9. The van der Waals surface area contributed by atoms with Crippen molar-refractivity contribution in [2.45, 2.75) is 25.5 Å². The van der Waals surface area contributed by atoms with Crippen molar-refractivity contribution in [3.8, 4) is 17.2 Å². The van der Waals surface area contributed by atoms with Crippen LogP contribution < -0.4 is 14.2 Å². The molecule has 0 spiro atoms. The lowest BCUT2D eigenvalue weighted by atomic mass is 10.1. The van der Waals surface area contributed by atoms with Crippen molar-refractivity contribution in [1.29, 1.82) is 0 Å². The first-order valence-electron chi connectivity index (χ1n) is 8.96. The Kier molecular flexibility index (Phi) is 6.06. The van der Waals surface area contributed by atoms with Crippen LogP contribution in [0.5, 0.6) is 17.2 Å². The van der Waals surface area contributed by atoms with Crippen LogP contribution in [-0.2, 0) is 11.2 Å². The Labute approximate surface area is 159 Å². The monoisotopic (exact) mass is 371 g/mol.